The van der Waals surface area contributed by atoms with Crippen LogP contribution in [0.3, 0.4) is 0 Å². The predicted octanol–water partition coefficient (Wildman–Crippen LogP) is 3.09. The summed E-state index contributed by atoms with van der Waals surface area (Å²) in [4.78, 5) is 20.8. The molecule has 0 radical (unpaired) electrons. The molecule has 3 rings (SSSR count). The van der Waals surface area contributed by atoms with E-state index in [1.807, 2.05) is 12.1 Å². The third kappa shape index (κ3) is 3.97. The Morgan fingerprint density at radius 3 is 2.87 bits per heavy atom. The Morgan fingerprint density at radius 2 is 2.09 bits per heavy atom. The lowest BCUT2D eigenvalue weighted by Gasteiger charge is -2.12. The second-order valence-electron chi connectivity index (χ2n) is 5.58. The molecule has 6 nitrogen and oxygen atoms in total. The maximum absolute atomic E-state index is 12.3. The van der Waals surface area contributed by atoms with E-state index in [9.17, 15) is 4.79 Å². The number of amides is 1. The van der Waals surface area contributed by atoms with Gasteiger partial charge in [0.2, 0.25) is 5.95 Å². The number of benzene rings is 1. The molecular formula is C17H20N4O2. The molecule has 1 aliphatic rings. The molecular weight excluding hydrogens is 292 g/mol. The second kappa shape index (κ2) is 7.09. The fourth-order valence-corrected chi connectivity index (χ4v) is 2.70. The van der Waals surface area contributed by atoms with E-state index < -0.39 is 0 Å². The standard InChI is InChI=1S/C17H20N4O2/c1-23-14-8-4-7-13(11-14)19-16(22)15-9-10-18-17(21-15)20-12-5-2-3-6-12/h4,7-12H,2-3,5-6H2,1H3,(H,19,22)(H,18,20,21). The van der Waals surface area contributed by atoms with Gasteiger partial charge in [-0.3, -0.25) is 4.79 Å². The Bertz CT molecular complexity index is 684. The number of nitrogens with zero attached hydrogens (tertiary/aromatic N) is 2. The van der Waals surface area contributed by atoms with Crippen LogP contribution in [-0.4, -0.2) is 29.0 Å². The van der Waals surface area contributed by atoms with Gasteiger partial charge < -0.3 is 15.4 Å². The lowest BCUT2D eigenvalue weighted by atomic mass is 10.2. The van der Waals surface area contributed by atoms with E-state index in [4.69, 9.17) is 4.74 Å². The number of hydrogen-bond donors (Lipinski definition) is 2. The van der Waals surface area contributed by atoms with E-state index >= 15 is 0 Å². The predicted molar refractivity (Wildman–Crippen MR) is 88.9 cm³/mol. The minimum absolute atomic E-state index is 0.268. The van der Waals surface area contributed by atoms with Gasteiger partial charge in [0.25, 0.3) is 5.91 Å². The van der Waals surface area contributed by atoms with Crippen LogP contribution in [0, 0.1) is 0 Å². The van der Waals surface area contributed by atoms with Gasteiger partial charge in [-0.25, -0.2) is 9.97 Å². The normalized spacial score (nSPS) is 14.5. The number of hydrogen-bond acceptors (Lipinski definition) is 5. The van der Waals surface area contributed by atoms with Crippen molar-refractivity contribution < 1.29 is 9.53 Å². The number of rotatable bonds is 5. The Hall–Kier alpha value is -2.63. The zero-order chi connectivity index (χ0) is 16.1. The molecule has 1 fully saturated rings. The molecule has 1 aromatic carbocycles. The van der Waals surface area contributed by atoms with Crippen LogP contribution < -0.4 is 15.4 Å². The first-order valence-electron chi connectivity index (χ1n) is 7.79. The van der Waals surface area contributed by atoms with E-state index in [0.717, 1.165) is 12.8 Å². The first-order chi connectivity index (χ1) is 11.2. The van der Waals surface area contributed by atoms with Gasteiger partial charge >= 0.3 is 0 Å². The summed E-state index contributed by atoms with van der Waals surface area (Å²) in [7, 11) is 1.59. The lowest BCUT2D eigenvalue weighted by molar-refractivity contribution is 0.102. The summed E-state index contributed by atoms with van der Waals surface area (Å²) in [5.41, 5.74) is 1.00. The van der Waals surface area contributed by atoms with Crippen LogP contribution in [0.15, 0.2) is 36.5 Å². The van der Waals surface area contributed by atoms with Crippen molar-refractivity contribution in [3.63, 3.8) is 0 Å². The molecule has 120 valence electrons. The molecule has 0 unspecified atom stereocenters. The van der Waals surface area contributed by atoms with E-state index in [-0.39, 0.29) is 5.91 Å². The molecule has 0 bridgehead atoms. The van der Waals surface area contributed by atoms with Crippen LogP contribution in [0.1, 0.15) is 36.2 Å². The number of methoxy groups -OCH3 is 1. The molecule has 1 amide bonds. The Kier molecular flexibility index (Phi) is 4.71. The maximum Gasteiger partial charge on any atom is 0.274 e. The largest absolute Gasteiger partial charge is 0.497 e. The minimum Gasteiger partial charge on any atom is -0.497 e. The van der Waals surface area contributed by atoms with E-state index in [0.29, 0.717) is 29.1 Å². The molecule has 2 aromatic rings. The summed E-state index contributed by atoms with van der Waals surface area (Å²) in [5, 5.41) is 6.11. The molecule has 1 saturated carbocycles. The molecule has 0 atom stereocenters. The number of aromatic nitrogens is 2. The lowest BCUT2D eigenvalue weighted by Crippen LogP contribution is -2.19. The van der Waals surface area contributed by atoms with Gasteiger partial charge in [0.15, 0.2) is 0 Å². The molecule has 0 aliphatic heterocycles. The summed E-state index contributed by atoms with van der Waals surface area (Å²) in [5.74, 6) is 0.930. The van der Waals surface area contributed by atoms with Crippen molar-refractivity contribution >= 4 is 17.5 Å². The topological polar surface area (TPSA) is 76.1 Å². The highest BCUT2D eigenvalue weighted by molar-refractivity contribution is 6.03. The highest BCUT2D eigenvalue weighted by Gasteiger charge is 2.16. The van der Waals surface area contributed by atoms with Crippen LogP contribution in [0.5, 0.6) is 5.75 Å². The van der Waals surface area contributed by atoms with Gasteiger partial charge in [-0.2, -0.15) is 0 Å². The summed E-state index contributed by atoms with van der Waals surface area (Å²) in [6.07, 6.45) is 6.32. The monoisotopic (exact) mass is 312 g/mol. The Labute approximate surface area is 135 Å². The van der Waals surface area contributed by atoms with Crippen LogP contribution in [0.4, 0.5) is 11.6 Å². The smallest absolute Gasteiger partial charge is 0.274 e. The van der Waals surface area contributed by atoms with Crippen molar-refractivity contribution in [1.82, 2.24) is 9.97 Å². The van der Waals surface area contributed by atoms with E-state index in [1.165, 1.54) is 12.8 Å². The average molecular weight is 312 g/mol. The maximum atomic E-state index is 12.3. The zero-order valence-electron chi connectivity index (χ0n) is 13.1. The van der Waals surface area contributed by atoms with Gasteiger partial charge in [0.05, 0.1) is 7.11 Å². The average Bonchev–Trinajstić information content (AvgIpc) is 3.08. The summed E-state index contributed by atoms with van der Waals surface area (Å²) in [6, 6.07) is 9.23. The fraction of sp³-hybridized carbons (Fsp3) is 0.353. The SMILES string of the molecule is COc1cccc(NC(=O)c2ccnc(NC3CCCC3)n2)c1. The molecule has 6 heteroatoms. The van der Waals surface area contributed by atoms with Gasteiger partial charge in [-0.1, -0.05) is 18.9 Å². The Morgan fingerprint density at radius 1 is 1.26 bits per heavy atom. The first-order valence-corrected chi connectivity index (χ1v) is 7.79. The Balaban J connectivity index is 1.68. The van der Waals surface area contributed by atoms with Crippen molar-refractivity contribution in [2.45, 2.75) is 31.7 Å². The van der Waals surface area contributed by atoms with E-state index in [1.54, 1.807) is 31.5 Å². The number of nitrogens with one attached hydrogen (secondary N) is 2. The van der Waals surface area contributed by atoms with Crippen molar-refractivity contribution in [2.24, 2.45) is 0 Å². The first kappa shape index (κ1) is 15.3. The molecule has 1 aliphatic carbocycles. The highest BCUT2D eigenvalue weighted by atomic mass is 16.5. The third-order valence-corrected chi connectivity index (χ3v) is 3.90. The summed E-state index contributed by atoms with van der Waals surface area (Å²) in [6.45, 7) is 0. The molecule has 0 spiro atoms. The van der Waals surface area contributed by atoms with Crippen molar-refractivity contribution in [3.05, 3.63) is 42.2 Å². The van der Waals surface area contributed by atoms with Gasteiger partial charge in [-0.05, 0) is 31.0 Å². The fourth-order valence-electron chi connectivity index (χ4n) is 2.70. The number of ether oxygens (including phenoxy) is 1. The van der Waals surface area contributed by atoms with Crippen LogP contribution in [-0.2, 0) is 0 Å². The summed E-state index contributed by atoms with van der Waals surface area (Å²) >= 11 is 0. The molecule has 23 heavy (non-hydrogen) atoms. The van der Waals surface area contributed by atoms with Gasteiger partial charge in [-0.15, -0.1) is 0 Å². The van der Waals surface area contributed by atoms with Crippen molar-refractivity contribution in [3.8, 4) is 5.75 Å². The minimum atomic E-state index is -0.268. The second-order valence-corrected chi connectivity index (χ2v) is 5.58. The molecule has 0 saturated heterocycles. The van der Waals surface area contributed by atoms with Crippen LogP contribution in [0.25, 0.3) is 0 Å². The van der Waals surface area contributed by atoms with Crippen molar-refractivity contribution in [1.29, 1.82) is 0 Å². The number of carbonyl (C=O) groups excluding carboxylic acids is 1. The quantitative estimate of drug-likeness (QED) is 0.887. The van der Waals surface area contributed by atoms with Gasteiger partial charge in [0, 0.05) is 24.0 Å². The van der Waals surface area contributed by atoms with Crippen molar-refractivity contribution in [2.75, 3.05) is 17.7 Å². The molecule has 1 heterocycles. The van der Waals surface area contributed by atoms with Crippen LogP contribution >= 0.6 is 0 Å². The summed E-state index contributed by atoms with van der Waals surface area (Å²) < 4.78 is 5.15. The van der Waals surface area contributed by atoms with E-state index in [2.05, 4.69) is 20.6 Å². The number of carbonyl (C=O) groups is 1. The highest BCUT2D eigenvalue weighted by Crippen LogP contribution is 2.21. The third-order valence-electron chi connectivity index (χ3n) is 3.90. The molecule has 1 aromatic heterocycles. The molecule has 2 N–H and O–H groups in total. The number of anilines is 2. The zero-order valence-corrected chi connectivity index (χ0v) is 13.1. The van der Waals surface area contributed by atoms with Crippen LogP contribution in [0.2, 0.25) is 0 Å². The van der Waals surface area contributed by atoms with Gasteiger partial charge in [0.1, 0.15) is 11.4 Å².